The highest BCUT2D eigenvalue weighted by atomic mass is 32.2. The molecule has 118 valence electrons. The molecule has 1 heterocycles. The first kappa shape index (κ1) is 16.3. The molecule has 0 amide bonds. The summed E-state index contributed by atoms with van der Waals surface area (Å²) in [6.45, 7) is 2.55. The number of hydrogen-bond acceptors (Lipinski definition) is 6. The molecule has 1 aliphatic rings. The molecule has 1 N–H and O–H groups in total. The fraction of sp³-hybridized carbons (Fsp3) is 0.714. The van der Waals surface area contributed by atoms with E-state index in [1.807, 2.05) is 0 Å². The quantitative estimate of drug-likeness (QED) is 0.732. The molecule has 1 aromatic heterocycles. The van der Waals surface area contributed by atoms with Gasteiger partial charge in [0.15, 0.2) is 9.84 Å². The zero-order valence-corrected chi connectivity index (χ0v) is 13.4. The smallest absolute Gasteiger partial charge is 0.154 e. The number of aryl methyl sites for hydroxylation is 1. The van der Waals surface area contributed by atoms with E-state index in [2.05, 4.69) is 15.3 Å². The highest BCUT2D eigenvalue weighted by Gasteiger charge is 2.21. The van der Waals surface area contributed by atoms with Gasteiger partial charge < -0.3 is 10.1 Å². The third-order valence-corrected chi connectivity index (χ3v) is 4.39. The number of nitrogens with one attached hydrogen (secondary N) is 1. The van der Waals surface area contributed by atoms with E-state index >= 15 is 0 Å². The van der Waals surface area contributed by atoms with Crippen LogP contribution in [0.5, 0.6) is 0 Å². The molecule has 0 bridgehead atoms. The predicted octanol–water partition coefficient (Wildman–Crippen LogP) is 0.362. The van der Waals surface area contributed by atoms with Gasteiger partial charge in [0.2, 0.25) is 0 Å². The lowest BCUT2D eigenvalue weighted by molar-refractivity contribution is 0.197. The number of hydrogen-bond donors (Lipinski definition) is 1. The number of sulfone groups is 1. The lowest BCUT2D eigenvalue weighted by Gasteiger charge is -2.24. The average molecular weight is 313 g/mol. The Morgan fingerprint density at radius 3 is 3.00 bits per heavy atom. The Kier molecular flexibility index (Phi) is 5.66. The first-order valence-electron chi connectivity index (χ1n) is 7.19. The van der Waals surface area contributed by atoms with E-state index in [-0.39, 0.29) is 5.75 Å². The molecule has 1 aromatic rings. The maximum Gasteiger partial charge on any atom is 0.154 e. The summed E-state index contributed by atoms with van der Waals surface area (Å²) in [6.07, 6.45) is 5.92. The molecule has 0 saturated heterocycles. The van der Waals surface area contributed by atoms with Crippen molar-refractivity contribution in [2.45, 2.75) is 25.0 Å². The van der Waals surface area contributed by atoms with Crippen LogP contribution in [0.2, 0.25) is 0 Å². The van der Waals surface area contributed by atoms with Gasteiger partial charge in [0.05, 0.1) is 6.61 Å². The zero-order chi connectivity index (χ0) is 15.3. The van der Waals surface area contributed by atoms with Gasteiger partial charge in [-0.25, -0.2) is 18.4 Å². The van der Waals surface area contributed by atoms with Crippen LogP contribution in [0.25, 0.3) is 0 Å². The van der Waals surface area contributed by atoms with E-state index in [0.29, 0.717) is 11.7 Å². The molecule has 0 fully saturated rings. The Morgan fingerprint density at radius 2 is 2.29 bits per heavy atom. The van der Waals surface area contributed by atoms with Gasteiger partial charge in [-0.1, -0.05) is 0 Å². The number of rotatable bonds is 7. The molecule has 1 aliphatic carbocycles. The molecule has 21 heavy (non-hydrogen) atoms. The summed E-state index contributed by atoms with van der Waals surface area (Å²) >= 11 is 0. The first-order valence-corrected chi connectivity index (χ1v) is 9.25. The highest BCUT2D eigenvalue weighted by Crippen LogP contribution is 2.23. The van der Waals surface area contributed by atoms with E-state index in [1.54, 1.807) is 13.3 Å². The summed E-state index contributed by atoms with van der Waals surface area (Å²) in [5, 5.41) is 3.38. The van der Waals surface area contributed by atoms with Crippen molar-refractivity contribution in [3.63, 3.8) is 0 Å². The van der Waals surface area contributed by atoms with Crippen LogP contribution < -0.4 is 5.32 Å². The summed E-state index contributed by atoms with van der Waals surface area (Å²) in [5.41, 5.74) is 2.16. The summed E-state index contributed by atoms with van der Waals surface area (Å²) in [7, 11) is -1.38. The summed E-state index contributed by atoms with van der Waals surface area (Å²) in [5.74, 6) is 0.911. The maximum atomic E-state index is 11.3. The SMILES string of the molecule is COCCNCC1CCc2nc(CS(C)(=O)=O)ncc2C1. The maximum absolute atomic E-state index is 11.3. The van der Waals surface area contributed by atoms with E-state index in [9.17, 15) is 8.42 Å². The molecule has 0 saturated carbocycles. The van der Waals surface area contributed by atoms with Crippen molar-refractivity contribution < 1.29 is 13.2 Å². The van der Waals surface area contributed by atoms with Gasteiger partial charge in [-0.3, -0.25) is 0 Å². The molecule has 1 atom stereocenters. The molecule has 7 heteroatoms. The topological polar surface area (TPSA) is 81.2 Å². The van der Waals surface area contributed by atoms with Crippen molar-refractivity contribution in [1.29, 1.82) is 0 Å². The summed E-state index contributed by atoms with van der Waals surface area (Å²) in [6, 6.07) is 0. The molecular weight excluding hydrogens is 290 g/mol. The van der Waals surface area contributed by atoms with Crippen molar-refractivity contribution in [2.24, 2.45) is 5.92 Å². The molecule has 0 aliphatic heterocycles. The monoisotopic (exact) mass is 313 g/mol. The number of nitrogens with zero attached hydrogens (tertiary/aromatic N) is 2. The van der Waals surface area contributed by atoms with Crippen LogP contribution in [0.3, 0.4) is 0 Å². The van der Waals surface area contributed by atoms with E-state index in [4.69, 9.17) is 4.74 Å². The minimum Gasteiger partial charge on any atom is -0.383 e. The van der Waals surface area contributed by atoms with Crippen LogP contribution in [0.4, 0.5) is 0 Å². The van der Waals surface area contributed by atoms with Crippen LogP contribution in [0.15, 0.2) is 6.20 Å². The Hall–Kier alpha value is -1.05. The Bertz CT molecular complexity index is 575. The lowest BCUT2D eigenvalue weighted by atomic mass is 9.87. The number of methoxy groups -OCH3 is 1. The lowest BCUT2D eigenvalue weighted by Crippen LogP contribution is -2.30. The molecule has 2 rings (SSSR count). The number of aromatic nitrogens is 2. The first-order chi connectivity index (χ1) is 9.98. The largest absolute Gasteiger partial charge is 0.383 e. The van der Waals surface area contributed by atoms with Crippen LogP contribution in [0.1, 0.15) is 23.5 Å². The van der Waals surface area contributed by atoms with Crippen LogP contribution in [0, 0.1) is 5.92 Å². The van der Waals surface area contributed by atoms with Crippen LogP contribution >= 0.6 is 0 Å². The van der Waals surface area contributed by atoms with Crippen LogP contribution in [-0.2, 0) is 33.2 Å². The Balaban J connectivity index is 1.93. The van der Waals surface area contributed by atoms with Gasteiger partial charge in [0.1, 0.15) is 11.6 Å². The fourth-order valence-corrected chi connectivity index (χ4v) is 3.19. The van der Waals surface area contributed by atoms with Crippen molar-refractivity contribution in [1.82, 2.24) is 15.3 Å². The number of fused-ring (bicyclic) bond motifs is 1. The van der Waals surface area contributed by atoms with E-state index in [0.717, 1.165) is 50.2 Å². The minimum absolute atomic E-state index is 0.0811. The second kappa shape index (κ2) is 7.29. The van der Waals surface area contributed by atoms with Gasteiger partial charge in [-0.05, 0) is 37.3 Å². The molecule has 6 nitrogen and oxygen atoms in total. The normalized spacial score (nSPS) is 18.5. The summed E-state index contributed by atoms with van der Waals surface area (Å²) < 4.78 is 27.6. The minimum atomic E-state index is -3.08. The second-order valence-electron chi connectivity index (χ2n) is 5.63. The van der Waals surface area contributed by atoms with E-state index in [1.165, 1.54) is 6.26 Å². The highest BCUT2D eigenvalue weighted by molar-refractivity contribution is 7.89. The van der Waals surface area contributed by atoms with E-state index < -0.39 is 9.84 Å². The third kappa shape index (κ3) is 5.33. The average Bonchev–Trinajstić information content (AvgIpc) is 2.42. The molecule has 0 radical (unpaired) electrons. The molecular formula is C14H23N3O3S. The van der Waals surface area contributed by atoms with Crippen molar-refractivity contribution in [3.05, 3.63) is 23.3 Å². The van der Waals surface area contributed by atoms with Crippen LogP contribution in [-0.4, -0.2) is 51.4 Å². The van der Waals surface area contributed by atoms with Gasteiger partial charge in [-0.15, -0.1) is 0 Å². The Labute approximate surface area is 126 Å². The molecule has 0 spiro atoms. The molecule has 0 aromatic carbocycles. The van der Waals surface area contributed by atoms with Crippen molar-refractivity contribution in [2.75, 3.05) is 33.1 Å². The second-order valence-corrected chi connectivity index (χ2v) is 7.77. The third-order valence-electron chi connectivity index (χ3n) is 3.61. The van der Waals surface area contributed by atoms with Crippen molar-refractivity contribution >= 4 is 9.84 Å². The van der Waals surface area contributed by atoms with Crippen molar-refractivity contribution in [3.8, 4) is 0 Å². The predicted molar refractivity (Wildman–Crippen MR) is 80.8 cm³/mol. The Morgan fingerprint density at radius 1 is 1.48 bits per heavy atom. The van der Waals surface area contributed by atoms with Gasteiger partial charge in [0, 0.05) is 31.8 Å². The van der Waals surface area contributed by atoms with Gasteiger partial charge >= 0.3 is 0 Å². The van der Waals surface area contributed by atoms with Gasteiger partial charge in [0.25, 0.3) is 0 Å². The number of ether oxygens (including phenoxy) is 1. The fourth-order valence-electron chi connectivity index (χ4n) is 2.58. The molecule has 1 unspecified atom stereocenters. The standard InChI is InChI=1S/C14H23N3O3S/c1-20-6-5-15-8-11-3-4-13-12(7-11)9-16-14(17-13)10-21(2,18)19/h9,11,15H,3-8,10H2,1-2H3. The zero-order valence-electron chi connectivity index (χ0n) is 12.6. The van der Waals surface area contributed by atoms with Gasteiger partial charge in [-0.2, -0.15) is 0 Å². The summed E-state index contributed by atoms with van der Waals surface area (Å²) in [4.78, 5) is 8.60.